The fourth-order valence-corrected chi connectivity index (χ4v) is 3.28. The molecule has 3 nitrogen and oxygen atoms in total. The van der Waals surface area contributed by atoms with E-state index in [-0.39, 0.29) is 0 Å². The van der Waals surface area contributed by atoms with Gasteiger partial charge in [0.1, 0.15) is 5.75 Å². The van der Waals surface area contributed by atoms with Crippen LogP contribution in [-0.4, -0.2) is 31.3 Å². The molecule has 2 aliphatic rings. The molecule has 0 saturated carbocycles. The van der Waals surface area contributed by atoms with Gasteiger partial charge in [-0.25, -0.2) is 0 Å². The topological polar surface area (TPSA) is 35.5 Å². The van der Waals surface area contributed by atoms with Gasteiger partial charge in [-0.05, 0) is 24.6 Å². The molecule has 0 amide bonds. The predicted octanol–water partition coefficient (Wildman–Crippen LogP) is 1.94. The summed E-state index contributed by atoms with van der Waals surface area (Å²) in [7, 11) is 2.06. The lowest BCUT2D eigenvalue weighted by Gasteiger charge is -2.31. The van der Waals surface area contributed by atoms with E-state index in [2.05, 4.69) is 17.3 Å². The quantitative estimate of drug-likeness (QED) is 0.725. The molecule has 2 atom stereocenters. The van der Waals surface area contributed by atoms with Crippen molar-refractivity contribution in [2.75, 3.05) is 25.0 Å². The van der Waals surface area contributed by atoms with Crippen molar-refractivity contribution in [3.8, 4) is 5.75 Å². The number of piperidine rings is 1. The van der Waals surface area contributed by atoms with E-state index in [0.29, 0.717) is 22.7 Å². The van der Waals surface area contributed by atoms with Gasteiger partial charge in [-0.3, -0.25) is 0 Å². The predicted molar refractivity (Wildman–Crippen MR) is 65.5 cm³/mol. The third-order valence-electron chi connectivity index (χ3n) is 3.78. The summed E-state index contributed by atoms with van der Waals surface area (Å²) in [5, 5.41) is 14.0. The second kappa shape index (κ2) is 3.54. The van der Waals surface area contributed by atoms with Gasteiger partial charge >= 0.3 is 0 Å². The molecule has 4 heteroatoms. The zero-order valence-electron chi connectivity index (χ0n) is 9.20. The minimum atomic E-state index is 0.305. The Labute approximate surface area is 100 Å². The largest absolute Gasteiger partial charge is 0.506 e. The van der Waals surface area contributed by atoms with Crippen LogP contribution in [0.3, 0.4) is 0 Å². The molecule has 2 heterocycles. The van der Waals surface area contributed by atoms with Gasteiger partial charge in [-0.15, -0.1) is 0 Å². The van der Waals surface area contributed by atoms with E-state index in [1.165, 1.54) is 5.56 Å². The van der Waals surface area contributed by atoms with Gasteiger partial charge in [-0.1, -0.05) is 11.6 Å². The molecule has 2 N–H and O–H groups in total. The average Bonchev–Trinajstić information content (AvgIpc) is 2.54. The number of hydrogen-bond donors (Lipinski definition) is 2. The molecule has 1 fully saturated rings. The lowest BCUT2D eigenvalue weighted by molar-refractivity contribution is 0.412. The molecule has 1 aromatic carbocycles. The molecule has 0 aromatic heterocycles. The van der Waals surface area contributed by atoms with Gasteiger partial charge in [0.15, 0.2) is 0 Å². The van der Waals surface area contributed by atoms with Gasteiger partial charge < -0.3 is 15.3 Å². The molecule has 16 heavy (non-hydrogen) atoms. The van der Waals surface area contributed by atoms with Crippen molar-refractivity contribution in [3.05, 3.63) is 22.7 Å². The highest BCUT2D eigenvalue weighted by atomic mass is 35.5. The van der Waals surface area contributed by atoms with Crippen LogP contribution in [0.4, 0.5) is 5.69 Å². The third kappa shape index (κ3) is 1.31. The number of aromatic hydroxyl groups is 1. The maximum absolute atomic E-state index is 9.98. The van der Waals surface area contributed by atoms with Gasteiger partial charge in [-0.2, -0.15) is 0 Å². The lowest BCUT2D eigenvalue weighted by atomic mass is 9.90. The van der Waals surface area contributed by atoms with Crippen LogP contribution < -0.4 is 10.2 Å². The molecule has 2 aliphatic heterocycles. The summed E-state index contributed by atoms with van der Waals surface area (Å²) >= 11 is 6.01. The van der Waals surface area contributed by atoms with E-state index < -0.39 is 0 Å². The molecule has 0 aliphatic carbocycles. The van der Waals surface area contributed by atoms with Crippen LogP contribution in [-0.2, 0) is 0 Å². The van der Waals surface area contributed by atoms with Crippen LogP contribution in [0, 0.1) is 0 Å². The number of hydrogen-bond acceptors (Lipinski definition) is 3. The van der Waals surface area contributed by atoms with E-state index >= 15 is 0 Å². The van der Waals surface area contributed by atoms with Gasteiger partial charge in [0.25, 0.3) is 0 Å². The highest BCUT2D eigenvalue weighted by molar-refractivity contribution is 6.31. The first-order valence-electron chi connectivity index (χ1n) is 5.64. The maximum Gasteiger partial charge on any atom is 0.140 e. The van der Waals surface area contributed by atoms with Crippen molar-refractivity contribution in [1.82, 2.24) is 5.32 Å². The standard InChI is InChI=1S/C12H15ClN2O/c1-15-10-2-3-14-6-9(10)8-4-7(13)5-11(16)12(8)15/h4-5,9-10,14,16H,2-3,6H2,1H3. The molecule has 0 bridgehead atoms. The Morgan fingerprint density at radius 3 is 3.12 bits per heavy atom. The van der Waals surface area contributed by atoms with Crippen molar-refractivity contribution in [2.45, 2.75) is 18.4 Å². The van der Waals surface area contributed by atoms with E-state index in [4.69, 9.17) is 11.6 Å². The Kier molecular flexibility index (Phi) is 2.26. The van der Waals surface area contributed by atoms with Crippen LogP contribution >= 0.6 is 11.6 Å². The van der Waals surface area contributed by atoms with Crippen LogP contribution in [0.25, 0.3) is 0 Å². The minimum absolute atomic E-state index is 0.305. The fourth-order valence-electron chi connectivity index (χ4n) is 3.06. The number of phenolic OH excluding ortho intramolecular Hbond substituents is 1. The van der Waals surface area contributed by atoms with E-state index in [9.17, 15) is 5.11 Å². The third-order valence-corrected chi connectivity index (χ3v) is 4.00. The number of fused-ring (bicyclic) bond motifs is 3. The Morgan fingerprint density at radius 2 is 2.31 bits per heavy atom. The lowest BCUT2D eigenvalue weighted by Crippen LogP contribution is -2.42. The van der Waals surface area contributed by atoms with Crippen LogP contribution in [0.5, 0.6) is 5.75 Å². The fraction of sp³-hybridized carbons (Fsp3) is 0.500. The second-order valence-electron chi connectivity index (χ2n) is 4.64. The van der Waals surface area contributed by atoms with E-state index in [1.54, 1.807) is 6.07 Å². The Hall–Kier alpha value is -0.930. The number of rotatable bonds is 0. The number of benzene rings is 1. The second-order valence-corrected chi connectivity index (χ2v) is 5.08. The summed E-state index contributed by atoms with van der Waals surface area (Å²) in [6.07, 6.45) is 1.12. The first-order valence-corrected chi connectivity index (χ1v) is 6.02. The number of likely N-dealkylation sites (N-methyl/N-ethyl adjacent to an activating group) is 1. The highest BCUT2D eigenvalue weighted by Crippen LogP contribution is 2.48. The van der Waals surface area contributed by atoms with Crippen molar-refractivity contribution in [2.24, 2.45) is 0 Å². The Balaban J connectivity index is 2.13. The van der Waals surface area contributed by atoms with Crippen LogP contribution in [0.2, 0.25) is 5.02 Å². The zero-order valence-corrected chi connectivity index (χ0v) is 9.96. The van der Waals surface area contributed by atoms with Crippen LogP contribution in [0.15, 0.2) is 12.1 Å². The number of phenols is 1. The first kappa shape index (κ1) is 10.2. The first-order chi connectivity index (χ1) is 7.68. The van der Waals surface area contributed by atoms with Crippen molar-refractivity contribution >= 4 is 17.3 Å². The molecule has 1 saturated heterocycles. The van der Waals surface area contributed by atoms with E-state index in [0.717, 1.165) is 25.2 Å². The summed E-state index contributed by atoms with van der Waals surface area (Å²) in [6.45, 7) is 2.02. The van der Waals surface area contributed by atoms with Crippen molar-refractivity contribution in [3.63, 3.8) is 0 Å². The summed E-state index contributed by atoms with van der Waals surface area (Å²) in [5.74, 6) is 0.762. The summed E-state index contributed by atoms with van der Waals surface area (Å²) in [5.41, 5.74) is 2.15. The van der Waals surface area contributed by atoms with Gasteiger partial charge in [0.2, 0.25) is 0 Å². The van der Waals surface area contributed by atoms with Crippen molar-refractivity contribution in [1.29, 1.82) is 0 Å². The molecule has 0 radical (unpaired) electrons. The molecule has 1 aromatic rings. The molecule has 2 unspecified atom stereocenters. The van der Waals surface area contributed by atoms with Crippen molar-refractivity contribution < 1.29 is 5.11 Å². The molecule has 86 valence electrons. The minimum Gasteiger partial charge on any atom is -0.506 e. The summed E-state index contributed by atoms with van der Waals surface area (Å²) < 4.78 is 0. The molecule has 0 spiro atoms. The average molecular weight is 239 g/mol. The maximum atomic E-state index is 9.98. The monoisotopic (exact) mass is 238 g/mol. The molecular weight excluding hydrogens is 224 g/mol. The van der Waals surface area contributed by atoms with Crippen LogP contribution in [0.1, 0.15) is 17.9 Å². The number of halogens is 1. The summed E-state index contributed by atoms with van der Waals surface area (Å²) in [4.78, 5) is 2.20. The SMILES string of the molecule is CN1c2c(O)cc(Cl)cc2C2CNCCC21. The molecular formula is C12H15ClN2O. The normalized spacial score (nSPS) is 27.8. The smallest absolute Gasteiger partial charge is 0.140 e. The number of anilines is 1. The Bertz CT molecular complexity index is 435. The van der Waals surface area contributed by atoms with E-state index in [1.807, 2.05) is 6.07 Å². The zero-order chi connectivity index (χ0) is 11.3. The highest BCUT2D eigenvalue weighted by Gasteiger charge is 2.39. The van der Waals surface area contributed by atoms with Gasteiger partial charge in [0, 0.05) is 36.6 Å². The number of nitrogens with one attached hydrogen (secondary N) is 1. The summed E-state index contributed by atoms with van der Waals surface area (Å²) in [6, 6.07) is 4.12. The molecule has 3 rings (SSSR count). The van der Waals surface area contributed by atoms with Gasteiger partial charge in [0.05, 0.1) is 5.69 Å². The Morgan fingerprint density at radius 1 is 1.50 bits per heavy atom. The number of nitrogens with zero attached hydrogens (tertiary/aromatic N) is 1.